The van der Waals surface area contributed by atoms with Crippen LogP contribution < -0.4 is 5.56 Å². The van der Waals surface area contributed by atoms with E-state index in [9.17, 15) is 18.0 Å². The average Bonchev–Trinajstić information content (AvgIpc) is 2.68. The molecular weight excluding hydrogens is 401 g/mol. The number of halogens is 3. The maximum Gasteiger partial charge on any atom is 0.417 e. The average molecular weight is 418 g/mol. The molecule has 150 valence electrons. The van der Waals surface area contributed by atoms with Crippen molar-refractivity contribution in [1.82, 2.24) is 19.9 Å². The van der Waals surface area contributed by atoms with Crippen LogP contribution in [0.1, 0.15) is 22.4 Å². The van der Waals surface area contributed by atoms with E-state index in [1.807, 2.05) is 0 Å². The first-order valence-corrected chi connectivity index (χ1v) is 9.40. The molecule has 29 heavy (non-hydrogen) atoms. The number of alkyl halides is 3. The van der Waals surface area contributed by atoms with Gasteiger partial charge < -0.3 is 4.98 Å². The van der Waals surface area contributed by atoms with Crippen molar-refractivity contribution < 1.29 is 13.2 Å². The summed E-state index contributed by atoms with van der Waals surface area (Å²) in [5.74, 6) is 0. The van der Waals surface area contributed by atoms with Gasteiger partial charge in [0.1, 0.15) is 0 Å². The van der Waals surface area contributed by atoms with Crippen molar-refractivity contribution in [3.8, 4) is 11.3 Å². The monoisotopic (exact) mass is 418 g/mol. The molecule has 5 nitrogen and oxygen atoms in total. The van der Waals surface area contributed by atoms with Crippen LogP contribution in [0.4, 0.5) is 13.2 Å². The summed E-state index contributed by atoms with van der Waals surface area (Å²) in [7, 11) is 0. The Morgan fingerprint density at radius 1 is 1.14 bits per heavy atom. The predicted molar refractivity (Wildman–Crippen MR) is 105 cm³/mol. The van der Waals surface area contributed by atoms with Crippen LogP contribution in [-0.2, 0) is 25.7 Å². The normalized spacial score (nSPS) is 14.6. The zero-order valence-corrected chi connectivity index (χ0v) is 16.0. The Bertz CT molecular complexity index is 1150. The zero-order valence-electron chi connectivity index (χ0n) is 15.2. The molecule has 0 radical (unpaired) electrons. The van der Waals surface area contributed by atoms with Gasteiger partial charge >= 0.3 is 6.18 Å². The molecule has 0 saturated heterocycles. The number of hydrogen-bond donors (Lipinski definition) is 2. The quantitative estimate of drug-likeness (QED) is 0.630. The number of pyridine rings is 1. The third-order valence-corrected chi connectivity index (χ3v) is 5.13. The standard InChI is InChI=1S/C20H17F3N4OS/c21-20(22,23)15-4-2-1-3-13(15)16-6-5-12(9-24-16)10-27-8-7-17-14(11-27)18(28)26-19(29)25-17/h1-6,9H,7-8,10-11H2,(H2,25,26,28,29). The largest absolute Gasteiger partial charge is 0.417 e. The maximum atomic E-state index is 13.2. The van der Waals surface area contributed by atoms with E-state index < -0.39 is 11.7 Å². The fourth-order valence-corrected chi connectivity index (χ4v) is 3.75. The summed E-state index contributed by atoms with van der Waals surface area (Å²) in [6.45, 7) is 1.75. The van der Waals surface area contributed by atoms with Gasteiger partial charge in [-0.15, -0.1) is 0 Å². The number of nitrogens with one attached hydrogen (secondary N) is 2. The first kappa shape index (κ1) is 19.5. The molecule has 0 spiro atoms. The molecule has 1 aliphatic rings. The van der Waals surface area contributed by atoms with E-state index in [1.54, 1.807) is 24.4 Å². The molecule has 3 aromatic rings. The van der Waals surface area contributed by atoms with Crippen molar-refractivity contribution >= 4 is 12.2 Å². The molecular formula is C20H17F3N4OS. The van der Waals surface area contributed by atoms with Crippen molar-refractivity contribution in [3.05, 3.63) is 80.1 Å². The van der Waals surface area contributed by atoms with Gasteiger partial charge in [-0.3, -0.25) is 19.7 Å². The third-order valence-electron chi connectivity index (χ3n) is 4.93. The van der Waals surface area contributed by atoms with E-state index in [0.29, 0.717) is 29.8 Å². The van der Waals surface area contributed by atoms with Gasteiger partial charge in [0.25, 0.3) is 5.56 Å². The van der Waals surface area contributed by atoms with Gasteiger partial charge in [-0.25, -0.2) is 0 Å². The molecule has 3 heterocycles. The molecule has 0 fully saturated rings. The molecule has 0 amide bonds. The van der Waals surface area contributed by atoms with Crippen LogP contribution in [0.3, 0.4) is 0 Å². The second-order valence-electron chi connectivity index (χ2n) is 6.92. The van der Waals surface area contributed by atoms with E-state index >= 15 is 0 Å². The lowest BCUT2D eigenvalue weighted by Crippen LogP contribution is -2.35. The van der Waals surface area contributed by atoms with Crippen molar-refractivity contribution in [3.63, 3.8) is 0 Å². The molecule has 1 aliphatic heterocycles. The molecule has 4 rings (SSSR count). The first-order chi connectivity index (χ1) is 13.8. The minimum Gasteiger partial charge on any atom is -0.335 e. The summed E-state index contributed by atoms with van der Waals surface area (Å²) >= 11 is 5.00. The highest BCUT2D eigenvalue weighted by Gasteiger charge is 2.33. The number of nitrogens with zero attached hydrogens (tertiary/aromatic N) is 2. The fourth-order valence-electron chi connectivity index (χ4n) is 3.54. The Hall–Kier alpha value is -2.78. The van der Waals surface area contributed by atoms with Gasteiger partial charge in [0.2, 0.25) is 0 Å². The van der Waals surface area contributed by atoms with E-state index in [0.717, 1.165) is 23.9 Å². The first-order valence-electron chi connectivity index (χ1n) is 8.99. The highest BCUT2D eigenvalue weighted by atomic mass is 32.1. The van der Waals surface area contributed by atoms with E-state index in [2.05, 4.69) is 19.9 Å². The number of fused-ring (bicyclic) bond motifs is 1. The Morgan fingerprint density at radius 3 is 2.66 bits per heavy atom. The molecule has 1 aromatic carbocycles. The van der Waals surface area contributed by atoms with Gasteiger partial charge in [-0.1, -0.05) is 24.3 Å². The van der Waals surface area contributed by atoms with Gasteiger partial charge in [0, 0.05) is 43.5 Å². The van der Waals surface area contributed by atoms with Crippen LogP contribution in [0, 0.1) is 4.77 Å². The second-order valence-corrected chi connectivity index (χ2v) is 7.33. The Morgan fingerprint density at radius 2 is 1.93 bits per heavy atom. The Kier molecular flexibility index (Phi) is 5.10. The lowest BCUT2D eigenvalue weighted by molar-refractivity contribution is -0.137. The maximum absolute atomic E-state index is 13.2. The second kappa shape index (κ2) is 7.57. The van der Waals surface area contributed by atoms with Crippen LogP contribution in [0.5, 0.6) is 0 Å². The topological polar surface area (TPSA) is 64.8 Å². The minimum atomic E-state index is -4.44. The summed E-state index contributed by atoms with van der Waals surface area (Å²) in [6.07, 6.45) is -2.18. The van der Waals surface area contributed by atoms with Crippen LogP contribution >= 0.6 is 12.2 Å². The summed E-state index contributed by atoms with van der Waals surface area (Å²) in [5.41, 5.74) is 1.81. The Labute approximate surface area is 169 Å². The predicted octanol–water partition coefficient (Wildman–Crippen LogP) is 4.07. The van der Waals surface area contributed by atoms with Crippen LogP contribution in [0.15, 0.2) is 47.4 Å². The summed E-state index contributed by atoms with van der Waals surface area (Å²) < 4.78 is 40.0. The smallest absolute Gasteiger partial charge is 0.335 e. The molecule has 9 heteroatoms. The number of benzene rings is 1. The van der Waals surface area contributed by atoms with Crippen molar-refractivity contribution in [2.45, 2.75) is 25.7 Å². The molecule has 2 N–H and O–H groups in total. The number of rotatable bonds is 3. The summed E-state index contributed by atoms with van der Waals surface area (Å²) in [6, 6.07) is 8.77. The fraction of sp³-hybridized carbons (Fsp3) is 0.250. The highest BCUT2D eigenvalue weighted by Crippen LogP contribution is 2.36. The van der Waals surface area contributed by atoms with Gasteiger partial charge in [-0.05, 0) is 29.9 Å². The summed E-state index contributed by atoms with van der Waals surface area (Å²) in [5, 5.41) is 0. The zero-order chi connectivity index (χ0) is 20.6. The highest BCUT2D eigenvalue weighted by molar-refractivity contribution is 7.71. The third kappa shape index (κ3) is 4.15. The van der Waals surface area contributed by atoms with Crippen LogP contribution in [0.2, 0.25) is 0 Å². The number of hydrogen-bond acceptors (Lipinski definition) is 4. The number of aromatic nitrogens is 3. The molecule has 0 aliphatic carbocycles. The van der Waals surface area contributed by atoms with E-state index in [-0.39, 0.29) is 16.8 Å². The van der Waals surface area contributed by atoms with Crippen LogP contribution in [-0.4, -0.2) is 26.4 Å². The molecule has 0 unspecified atom stereocenters. The lowest BCUT2D eigenvalue weighted by Gasteiger charge is -2.27. The molecule has 0 saturated carbocycles. The lowest BCUT2D eigenvalue weighted by atomic mass is 10.0. The molecule has 0 atom stereocenters. The SMILES string of the molecule is O=c1[nH]c(=S)[nH]c2c1CN(Cc1ccc(-c3ccccc3C(F)(F)F)nc1)CC2. The van der Waals surface area contributed by atoms with E-state index in [4.69, 9.17) is 12.2 Å². The van der Waals surface area contributed by atoms with Crippen molar-refractivity contribution in [2.75, 3.05) is 6.54 Å². The summed E-state index contributed by atoms with van der Waals surface area (Å²) in [4.78, 5) is 24.1. The molecule has 0 bridgehead atoms. The van der Waals surface area contributed by atoms with Gasteiger partial charge in [-0.2, -0.15) is 13.2 Å². The Balaban J connectivity index is 1.53. The van der Waals surface area contributed by atoms with Gasteiger partial charge in [0.05, 0.1) is 16.8 Å². The minimum absolute atomic E-state index is 0.0558. The van der Waals surface area contributed by atoms with Crippen molar-refractivity contribution in [2.24, 2.45) is 0 Å². The van der Waals surface area contributed by atoms with E-state index in [1.165, 1.54) is 12.1 Å². The van der Waals surface area contributed by atoms with Gasteiger partial charge in [0.15, 0.2) is 4.77 Å². The van der Waals surface area contributed by atoms with Crippen LogP contribution in [0.25, 0.3) is 11.3 Å². The number of aromatic amines is 2. The van der Waals surface area contributed by atoms with Crippen molar-refractivity contribution in [1.29, 1.82) is 0 Å². The number of H-pyrrole nitrogens is 2. The molecule has 2 aromatic heterocycles.